The Morgan fingerprint density at radius 2 is 1.56 bits per heavy atom. The van der Waals surface area contributed by atoms with Crippen molar-refractivity contribution in [3.63, 3.8) is 0 Å². The number of aliphatic imine (C=N–C) groups is 1. The molecule has 18 heteroatoms. The molecule has 0 radical (unpaired) electrons. The minimum absolute atomic E-state index is 0.0000417. The van der Waals surface area contributed by atoms with E-state index in [9.17, 15) is 24.0 Å². The summed E-state index contributed by atoms with van der Waals surface area (Å²) in [6.07, 6.45) is 8.59. The Labute approximate surface area is 297 Å². The van der Waals surface area contributed by atoms with Crippen molar-refractivity contribution in [2.75, 3.05) is 43.3 Å². The van der Waals surface area contributed by atoms with Crippen LogP contribution >= 0.6 is 0 Å². The zero-order chi connectivity index (χ0) is 37.1. The number of carbonyl (C=O) groups is 5. The van der Waals surface area contributed by atoms with Gasteiger partial charge in [-0.05, 0) is 31.4 Å². The number of methoxy groups -OCH3 is 2. The van der Waals surface area contributed by atoms with Gasteiger partial charge >= 0.3 is 5.97 Å². The highest BCUT2D eigenvalue weighted by Gasteiger charge is 2.32. The van der Waals surface area contributed by atoms with Crippen LogP contribution < -0.4 is 25.4 Å². The number of esters is 1. The highest BCUT2D eigenvalue weighted by molar-refractivity contribution is 6.05. The van der Waals surface area contributed by atoms with Crippen molar-refractivity contribution in [1.29, 1.82) is 0 Å². The van der Waals surface area contributed by atoms with E-state index in [1.807, 2.05) is 4.90 Å². The number of hydrogen-bond donors (Lipinski definition) is 3. The average Bonchev–Trinajstić information content (AvgIpc) is 3.90. The molecule has 0 saturated carbocycles. The fourth-order valence-corrected chi connectivity index (χ4v) is 6.02. The summed E-state index contributed by atoms with van der Waals surface area (Å²) in [4.78, 5) is 78.5. The number of nitrogens with one attached hydrogen (secondary N) is 3. The first-order valence-corrected chi connectivity index (χ1v) is 16.4. The standard InChI is InChI=1S/C34H38N10O8/c1-41-16-19(12-23(41)34(49)51-5)36-31(46)29-39-27(18-43(29)3)40-32(47)30-38-26(17-42(30)2)37-28(45)9-7-11-52-25-14-22-21(13-24(25)50-4)33(48)44-10-6-8-20(44)15-35-22/h12-18,20H,6-11H2,1-5H3,(H,36,46)(H,37,45)(H,40,47)/t20-/m0/s1. The van der Waals surface area contributed by atoms with Crippen molar-refractivity contribution in [3.05, 3.63) is 59.7 Å². The Bertz CT molecular complexity index is 2090. The van der Waals surface area contributed by atoms with E-state index in [4.69, 9.17) is 14.2 Å². The van der Waals surface area contributed by atoms with Crippen molar-refractivity contribution in [2.24, 2.45) is 26.1 Å². The molecule has 1 fully saturated rings. The fraction of sp³-hybridized carbons (Fsp3) is 0.353. The minimum atomic E-state index is -0.617. The summed E-state index contributed by atoms with van der Waals surface area (Å²) in [6.45, 7) is 0.881. The summed E-state index contributed by atoms with van der Waals surface area (Å²) in [5, 5.41) is 7.97. The molecule has 0 unspecified atom stereocenters. The first-order chi connectivity index (χ1) is 24.9. The SMILES string of the molecule is COC(=O)c1cc(NC(=O)c2nc(NC(=O)c3nc(NC(=O)CCCOc4cc5c(cc4OC)C(=O)N4CCC[C@H]4C=N5)cn3C)cn2C)cn1C. The molecule has 52 heavy (non-hydrogen) atoms. The number of anilines is 3. The largest absolute Gasteiger partial charge is 0.493 e. The number of rotatable bonds is 12. The zero-order valence-electron chi connectivity index (χ0n) is 29.3. The monoisotopic (exact) mass is 714 g/mol. The molecular weight excluding hydrogens is 676 g/mol. The Balaban J connectivity index is 1.00. The van der Waals surface area contributed by atoms with Gasteiger partial charge in [0, 0.05) is 65.0 Å². The zero-order valence-corrected chi connectivity index (χ0v) is 29.3. The second-order valence-corrected chi connectivity index (χ2v) is 12.3. The molecular formula is C34H38N10O8. The van der Waals surface area contributed by atoms with Crippen molar-refractivity contribution in [2.45, 2.75) is 31.7 Å². The number of imidazole rings is 2. The number of ether oxygens (including phenoxy) is 3. The lowest BCUT2D eigenvalue weighted by molar-refractivity contribution is -0.116. The number of aromatic nitrogens is 5. The predicted octanol–water partition coefficient (Wildman–Crippen LogP) is 2.91. The fourth-order valence-electron chi connectivity index (χ4n) is 6.02. The van der Waals surface area contributed by atoms with E-state index in [-0.39, 0.29) is 59.9 Å². The van der Waals surface area contributed by atoms with Gasteiger partial charge in [0.25, 0.3) is 17.7 Å². The van der Waals surface area contributed by atoms with Crippen molar-refractivity contribution in [3.8, 4) is 11.5 Å². The maximum atomic E-state index is 13.1. The van der Waals surface area contributed by atoms with Crippen LogP contribution in [0.3, 0.4) is 0 Å². The van der Waals surface area contributed by atoms with Crippen LogP contribution in [-0.2, 0) is 30.7 Å². The van der Waals surface area contributed by atoms with Gasteiger partial charge in [-0.15, -0.1) is 0 Å². The lowest BCUT2D eigenvalue weighted by Gasteiger charge is -2.20. The van der Waals surface area contributed by atoms with E-state index in [0.717, 1.165) is 12.8 Å². The predicted molar refractivity (Wildman–Crippen MR) is 188 cm³/mol. The molecule has 1 aromatic carbocycles. The van der Waals surface area contributed by atoms with E-state index in [1.54, 1.807) is 45.7 Å². The van der Waals surface area contributed by atoms with Gasteiger partial charge in [-0.3, -0.25) is 24.2 Å². The van der Waals surface area contributed by atoms with Crippen LogP contribution in [0, 0.1) is 0 Å². The molecule has 6 rings (SSSR count). The van der Waals surface area contributed by atoms with Crippen LogP contribution in [0.2, 0.25) is 0 Å². The van der Waals surface area contributed by atoms with Gasteiger partial charge in [-0.1, -0.05) is 0 Å². The van der Waals surface area contributed by atoms with Crippen LogP contribution in [0.1, 0.15) is 67.8 Å². The van der Waals surface area contributed by atoms with Crippen molar-refractivity contribution in [1.82, 2.24) is 28.6 Å². The summed E-state index contributed by atoms with van der Waals surface area (Å²) < 4.78 is 20.5. The van der Waals surface area contributed by atoms with Crippen molar-refractivity contribution >= 4 is 58.8 Å². The molecule has 4 amide bonds. The number of carbonyl (C=O) groups excluding carboxylic acids is 5. The minimum Gasteiger partial charge on any atom is -0.493 e. The number of hydrogen-bond acceptors (Lipinski definition) is 11. The van der Waals surface area contributed by atoms with E-state index >= 15 is 0 Å². The number of aryl methyl sites for hydroxylation is 3. The Morgan fingerprint density at radius 3 is 2.25 bits per heavy atom. The smallest absolute Gasteiger partial charge is 0.354 e. The van der Waals surface area contributed by atoms with Crippen LogP contribution in [0.4, 0.5) is 23.0 Å². The van der Waals surface area contributed by atoms with Crippen LogP contribution in [0.25, 0.3) is 0 Å². The molecule has 3 N–H and O–H groups in total. The molecule has 272 valence electrons. The summed E-state index contributed by atoms with van der Waals surface area (Å²) in [5.41, 5.74) is 1.58. The van der Waals surface area contributed by atoms with Crippen LogP contribution in [-0.4, -0.2) is 97.8 Å². The van der Waals surface area contributed by atoms with Gasteiger partial charge in [0.15, 0.2) is 23.1 Å². The number of fused-ring (bicyclic) bond motifs is 2. The summed E-state index contributed by atoms with van der Waals surface area (Å²) in [5.74, 6) is -1.08. The highest BCUT2D eigenvalue weighted by atomic mass is 16.5. The van der Waals surface area contributed by atoms with E-state index < -0.39 is 17.8 Å². The Kier molecular flexibility index (Phi) is 10.1. The third kappa shape index (κ3) is 7.35. The lowest BCUT2D eigenvalue weighted by atomic mass is 10.1. The third-order valence-electron chi connectivity index (χ3n) is 8.59. The topological polar surface area (TPSA) is 205 Å². The molecule has 2 aliphatic heterocycles. The van der Waals surface area contributed by atoms with Gasteiger partial charge in [0.05, 0.1) is 43.8 Å². The van der Waals surface area contributed by atoms with E-state index in [1.165, 1.54) is 46.4 Å². The van der Waals surface area contributed by atoms with E-state index in [0.29, 0.717) is 41.4 Å². The van der Waals surface area contributed by atoms with Gasteiger partial charge < -0.3 is 48.8 Å². The molecule has 1 atom stereocenters. The van der Waals surface area contributed by atoms with Gasteiger partial charge in [-0.2, -0.15) is 0 Å². The molecule has 0 aliphatic carbocycles. The molecule has 4 aromatic rings. The number of nitrogens with zero attached hydrogens (tertiary/aromatic N) is 7. The second-order valence-electron chi connectivity index (χ2n) is 12.3. The summed E-state index contributed by atoms with van der Waals surface area (Å²) in [7, 11) is 7.58. The second kappa shape index (κ2) is 14.8. The van der Waals surface area contributed by atoms with Gasteiger partial charge in [-0.25, -0.2) is 14.8 Å². The first-order valence-electron chi connectivity index (χ1n) is 16.4. The maximum Gasteiger partial charge on any atom is 0.354 e. The van der Waals surface area contributed by atoms with Crippen LogP contribution in [0.15, 0.2) is 41.8 Å². The molecule has 1 saturated heterocycles. The number of amides is 4. The van der Waals surface area contributed by atoms with E-state index in [2.05, 4.69) is 30.9 Å². The maximum absolute atomic E-state index is 13.1. The molecule has 3 aromatic heterocycles. The Morgan fingerprint density at radius 1 is 0.865 bits per heavy atom. The Hall–Kier alpha value is -6.46. The average molecular weight is 715 g/mol. The quantitative estimate of drug-likeness (QED) is 0.145. The molecule has 0 bridgehead atoms. The van der Waals surface area contributed by atoms with Gasteiger partial charge in [0.2, 0.25) is 17.6 Å². The molecule has 0 spiro atoms. The first kappa shape index (κ1) is 35.4. The van der Waals surface area contributed by atoms with Crippen LogP contribution in [0.5, 0.6) is 11.5 Å². The van der Waals surface area contributed by atoms with Gasteiger partial charge in [0.1, 0.15) is 5.69 Å². The molecule has 2 aliphatic rings. The molecule has 18 nitrogen and oxygen atoms in total. The third-order valence-corrected chi connectivity index (χ3v) is 8.59. The summed E-state index contributed by atoms with van der Waals surface area (Å²) >= 11 is 0. The highest BCUT2D eigenvalue weighted by Crippen LogP contribution is 2.38. The normalized spacial score (nSPS) is 14.7. The number of benzene rings is 1. The lowest BCUT2D eigenvalue weighted by Crippen LogP contribution is -2.35. The molecule has 5 heterocycles. The van der Waals surface area contributed by atoms with Crippen molar-refractivity contribution < 1.29 is 38.2 Å². The summed E-state index contributed by atoms with van der Waals surface area (Å²) in [6, 6.07) is 4.78.